The van der Waals surface area contributed by atoms with Gasteiger partial charge in [-0.1, -0.05) is 96.8 Å². The van der Waals surface area contributed by atoms with Gasteiger partial charge in [-0.3, -0.25) is 19.2 Å². The standard InChI is InChI=1S/C32H59N2O5P/c1-3-4-5-6-7-8-9-10-11-12-13-14-15-16-17-21-30(36)26-29(33-28(2)35)27-32(38)40(39)31(37)22-20-25-34-23-18-19-24-34/h29,39H,3-27H2,1-2H3,(H,33,35). The van der Waals surface area contributed by atoms with E-state index in [2.05, 4.69) is 17.1 Å². The molecule has 2 N–H and O–H groups in total. The molecule has 7 nitrogen and oxygen atoms in total. The van der Waals surface area contributed by atoms with Crippen molar-refractivity contribution in [3.05, 3.63) is 0 Å². The average Bonchev–Trinajstić information content (AvgIpc) is 3.43. The summed E-state index contributed by atoms with van der Waals surface area (Å²) in [5, 5.41) is 2.67. The number of hydrogen-bond donors (Lipinski definition) is 2. The number of carbonyl (C=O) groups excluding carboxylic acids is 4. The maximum absolute atomic E-state index is 12.6. The number of Topliss-reactive ketones (excluding diaryl/α,β-unsaturated/α-hetero) is 1. The van der Waals surface area contributed by atoms with E-state index >= 15 is 0 Å². The fraction of sp³-hybridized carbons (Fsp3) is 0.875. The zero-order valence-corrected chi connectivity index (χ0v) is 26.6. The van der Waals surface area contributed by atoms with E-state index in [0.717, 1.165) is 38.9 Å². The number of likely N-dealkylation sites (tertiary alicyclic amines) is 1. The second-order valence-electron chi connectivity index (χ2n) is 11.8. The van der Waals surface area contributed by atoms with Crippen LogP contribution >= 0.6 is 8.15 Å². The smallest absolute Gasteiger partial charge is 0.217 e. The third-order valence-corrected chi connectivity index (χ3v) is 9.25. The van der Waals surface area contributed by atoms with E-state index in [1.54, 1.807) is 0 Å². The number of carbonyl (C=O) groups is 4. The first-order valence-electron chi connectivity index (χ1n) is 16.4. The molecule has 0 aromatic heterocycles. The lowest BCUT2D eigenvalue weighted by atomic mass is 10.0. The Balaban J connectivity index is 2.13. The molecular formula is C32H59N2O5P. The third kappa shape index (κ3) is 19.8. The molecule has 1 amide bonds. The number of nitrogens with zero attached hydrogens (tertiary/aromatic N) is 1. The van der Waals surface area contributed by atoms with Crippen molar-refractivity contribution in [2.45, 2.75) is 161 Å². The number of rotatable bonds is 27. The topological polar surface area (TPSA) is 104 Å². The highest BCUT2D eigenvalue weighted by atomic mass is 31.1. The predicted octanol–water partition coefficient (Wildman–Crippen LogP) is 7.42. The van der Waals surface area contributed by atoms with Crippen LogP contribution in [0.5, 0.6) is 0 Å². The second-order valence-corrected chi connectivity index (χ2v) is 13.4. The van der Waals surface area contributed by atoms with Crippen molar-refractivity contribution < 1.29 is 24.1 Å². The van der Waals surface area contributed by atoms with Gasteiger partial charge in [-0.15, -0.1) is 0 Å². The number of ketones is 1. The fourth-order valence-corrected chi connectivity index (χ4v) is 6.58. The molecule has 0 bridgehead atoms. The number of amides is 1. The molecule has 8 heteroatoms. The summed E-state index contributed by atoms with van der Waals surface area (Å²) in [6.07, 6.45) is 22.6. The molecule has 1 fully saturated rings. The summed E-state index contributed by atoms with van der Waals surface area (Å²) in [5.41, 5.74) is -0.968. The maximum atomic E-state index is 12.6. The lowest BCUT2D eigenvalue weighted by molar-refractivity contribution is -0.122. The van der Waals surface area contributed by atoms with E-state index < -0.39 is 25.2 Å². The van der Waals surface area contributed by atoms with Crippen molar-refractivity contribution in [2.24, 2.45) is 0 Å². The Kier molecular flexibility index (Phi) is 22.5. The molecule has 232 valence electrons. The Morgan fingerprint density at radius 1 is 0.700 bits per heavy atom. The van der Waals surface area contributed by atoms with Gasteiger partial charge in [0.05, 0.1) is 0 Å². The summed E-state index contributed by atoms with van der Waals surface area (Å²) >= 11 is 0. The minimum atomic E-state index is -2.40. The summed E-state index contributed by atoms with van der Waals surface area (Å²) in [6.45, 7) is 6.52. The van der Waals surface area contributed by atoms with Crippen LogP contribution in [0.1, 0.15) is 155 Å². The van der Waals surface area contributed by atoms with Crippen LogP contribution in [0.15, 0.2) is 0 Å². The first-order valence-corrected chi connectivity index (χ1v) is 17.7. The van der Waals surface area contributed by atoms with Gasteiger partial charge < -0.3 is 15.1 Å². The van der Waals surface area contributed by atoms with E-state index in [4.69, 9.17) is 0 Å². The van der Waals surface area contributed by atoms with Gasteiger partial charge in [-0.2, -0.15) is 0 Å². The Morgan fingerprint density at radius 3 is 1.70 bits per heavy atom. The quantitative estimate of drug-likeness (QED) is 0.0772. The van der Waals surface area contributed by atoms with Gasteiger partial charge in [0.1, 0.15) is 5.78 Å². The monoisotopic (exact) mass is 582 g/mol. The Bertz CT molecular complexity index is 711. The van der Waals surface area contributed by atoms with Crippen molar-refractivity contribution in [2.75, 3.05) is 19.6 Å². The normalized spacial score (nSPS) is 15.2. The fourth-order valence-electron chi connectivity index (χ4n) is 5.53. The SMILES string of the molecule is CCCCCCCCCCCCCCCCCC(=O)CC(CC(=O)P(O)C(=O)CCCN1CCCC1)NC(C)=O. The van der Waals surface area contributed by atoms with Crippen molar-refractivity contribution in [3.8, 4) is 0 Å². The summed E-state index contributed by atoms with van der Waals surface area (Å²) in [6, 6.07) is -0.664. The van der Waals surface area contributed by atoms with Crippen LogP contribution < -0.4 is 5.32 Å². The molecular weight excluding hydrogens is 523 g/mol. The lowest BCUT2D eigenvalue weighted by Gasteiger charge is -2.18. The van der Waals surface area contributed by atoms with Crippen LogP contribution in [0.2, 0.25) is 0 Å². The largest absolute Gasteiger partial charge is 0.360 e. The molecule has 1 rings (SSSR count). The van der Waals surface area contributed by atoms with Crippen LogP contribution in [0, 0.1) is 0 Å². The van der Waals surface area contributed by atoms with Gasteiger partial charge >= 0.3 is 0 Å². The van der Waals surface area contributed by atoms with E-state index in [-0.39, 0.29) is 31.0 Å². The number of nitrogens with one attached hydrogen (secondary N) is 1. The molecule has 2 unspecified atom stereocenters. The van der Waals surface area contributed by atoms with Crippen LogP contribution in [0.3, 0.4) is 0 Å². The minimum Gasteiger partial charge on any atom is -0.360 e. The molecule has 0 spiro atoms. The molecule has 1 saturated heterocycles. The maximum Gasteiger partial charge on any atom is 0.217 e. The van der Waals surface area contributed by atoms with Crippen LogP contribution in [0.25, 0.3) is 0 Å². The van der Waals surface area contributed by atoms with Crippen LogP contribution in [-0.4, -0.2) is 58.2 Å². The van der Waals surface area contributed by atoms with E-state index in [1.165, 1.54) is 96.8 Å². The first kappa shape index (κ1) is 36.9. The third-order valence-electron chi connectivity index (χ3n) is 7.90. The molecule has 0 aliphatic carbocycles. The highest BCUT2D eigenvalue weighted by molar-refractivity contribution is 7.84. The zero-order valence-electron chi connectivity index (χ0n) is 25.7. The van der Waals surface area contributed by atoms with Crippen LogP contribution in [0.4, 0.5) is 0 Å². The predicted molar refractivity (Wildman–Crippen MR) is 165 cm³/mol. The molecule has 1 heterocycles. The lowest BCUT2D eigenvalue weighted by Crippen LogP contribution is -2.36. The van der Waals surface area contributed by atoms with E-state index in [9.17, 15) is 24.1 Å². The number of hydrogen-bond acceptors (Lipinski definition) is 6. The average molecular weight is 583 g/mol. The molecule has 0 aromatic carbocycles. The van der Waals surface area contributed by atoms with Gasteiger partial charge in [0.25, 0.3) is 0 Å². The molecule has 0 aromatic rings. The minimum absolute atomic E-state index is 0.0143. The van der Waals surface area contributed by atoms with E-state index in [0.29, 0.717) is 12.8 Å². The molecule has 1 aliphatic rings. The van der Waals surface area contributed by atoms with Gasteiger partial charge in [-0.25, -0.2) is 0 Å². The van der Waals surface area contributed by atoms with Crippen molar-refractivity contribution in [1.82, 2.24) is 10.2 Å². The molecule has 2 atom stereocenters. The summed E-state index contributed by atoms with van der Waals surface area (Å²) in [4.78, 5) is 61.7. The van der Waals surface area contributed by atoms with Crippen molar-refractivity contribution in [1.29, 1.82) is 0 Å². The van der Waals surface area contributed by atoms with Crippen molar-refractivity contribution in [3.63, 3.8) is 0 Å². The molecule has 40 heavy (non-hydrogen) atoms. The summed E-state index contributed by atoms with van der Waals surface area (Å²) in [5.74, 6) is -0.308. The highest BCUT2D eigenvalue weighted by Gasteiger charge is 2.28. The van der Waals surface area contributed by atoms with Gasteiger partial charge in [0, 0.05) is 38.6 Å². The summed E-state index contributed by atoms with van der Waals surface area (Å²) in [7, 11) is -2.40. The Labute approximate surface area is 245 Å². The Morgan fingerprint density at radius 2 is 1.20 bits per heavy atom. The van der Waals surface area contributed by atoms with Crippen molar-refractivity contribution >= 4 is 30.9 Å². The number of unbranched alkanes of at least 4 members (excludes halogenated alkanes) is 14. The Hall–Kier alpha value is -1.17. The molecule has 0 saturated carbocycles. The molecule has 1 aliphatic heterocycles. The van der Waals surface area contributed by atoms with Crippen LogP contribution in [-0.2, 0) is 19.2 Å². The zero-order chi connectivity index (χ0) is 29.4. The van der Waals surface area contributed by atoms with Gasteiger partial charge in [0.15, 0.2) is 19.2 Å². The first-order chi connectivity index (χ1) is 19.3. The van der Waals surface area contributed by atoms with Gasteiger partial charge in [0.2, 0.25) is 5.91 Å². The second kappa shape index (κ2) is 24.4. The van der Waals surface area contributed by atoms with E-state index in [1.807, 2.05) is 0 Å². The summed E-state index contributed by atoms with van der Waals surface area (Å²) < 4.78 is 0. The molecule has 0 radical (unpaired) electrons. The van der Waals surface area contributed by atoms with Gasteiger partial charge in [-0.05, 0) is 45.3 Å². The highest BCUT2D eigenvalue weighted by Crippen LogP contribution is 2.36.